The molecule has 0 aliphatic rings. The highest BCUT2D eigenvalue weighted by molar-refractivity contribution is 5.95. The van der Waals surface area contributed by atoms with Crippen LogP contribution in [0.3, 0.4) is 0 Å². The van der Waals surface area contributed by atoms with Gasteiger partial charge in [0.2, 0.25) is 23.5 Å². The van der Waals surface area contributed by atoms with Crippen LogP contribution in [0.15, 0.2) is 47.0 Å². The zero-order valence-corrected chi connectivity index (χ0v) is 18.4. The van der Waals surface area contributed by atoms with Crippen LogP contribution in [-0.4, -0.2) is 28.5 Å². The molecule has 162 valence electrons. The molecule has 0 atom stereocenters. The van der Waals surface area contributed by atoms with Crippen molar-refractivity contribution < 1.29 is 14.1 Å². The van der Waals surface area contributed by atoms with Gasteiger partial charge in [-0.25, -0.2) is 0 Å². The molecular formula is C24H28N4O3. The van der Waals surface area contributed by atoms with Gasteiger partial charge in [-0.3, -0.25) is 9.59 Å². The van der Waals surface area contributed by atoms with E-state index in [9.17, 15) is 9.59 Å². The number of nitrogens with zero attached hydrogens (tertiary/aromatic N) is 2. The van der Waals surface area contributed by atoms with Crippen LogP contribution in [0.4, 0.5) is 5.69 Å². The lowest BCUT2D eigenvalue weighted by Gasteiger charge is -2.10. The molecule has 2 amide bonds. The second kappa shape index (κ2) is 10.0. The van der Waals surface area contributed by atoms with E-state index >= 15 is 0 Å². The van der Waals surface area contributed by atoms with E-state index in [1.54, 1.807) is 0 Å². The Hall–Kier alpha value is -3.48. The molecule has 0 aliphatic heterocycles. The first-order chi connectivity index (χ1) is 14.8. The second-order valence-corrected chi connectivity index (χ2v) is 7.86. The van der Waals surface area contributed by atoms with Crippen molar-refractivity contribution in [1.82, 2.24) is 15.5 Å². The molecular weight excluding hydrogens is 392 g/mol. The Morgan fingerprint density at radius 2 is 1.77 bits per heavy atom. The zero-order chi connectivity index (χ0) is 22.4. The fourth-order valence-corrected chi connectivity index (χ4v) is 3.06. The van der Waals surface area contributed by atoms with E-state index < -0.39 is 0 Å². The molecule has 0 spiro atoms. The normalized spacial score (nSPS) is 10.9. The van der Waals surface area contributed by atoms with E-state index in [-0.39, 0.29) is 24.8 Å². The molecule has 1 heterocycles. The van der Waals surface area contributed by atoms with Gasteiger partial charge in [0.1, 0.15) is 0 Å². The van der Waals surface area contributed by atoms with Crippen LogP contribution in [0.1, 0.15) is 48.8 Å². The Morgan fingerprint density at radius 1 is 1.03 bits per heavy atom. The Labute approximate surface area is 182 Å². The number of amides is 2. The van der Waals surface area contributed by atoms with E-state index in [4.69, 9.17) is 4.52 Å². The summed E-state index contributed by atoms with van der Waals surface area (Å²) >= 11 is 0. The Balaban J connectivity index is 1.45. The molecule has 31 heavy (non-hydrogen) atoms. The van der Waals surface area contributed by atoms with Crippen molar-refractivity contribution in [3.63, 3.8) is 0 Å². The maximum absolute atomic E-state index is 12.1. The molecule has 3 rings (SSSR count). The lowest BCUT2D eigenvalue weighted by molar-refractivity contribution is -0.124. The van der Waals surface area contributed by atoms with Crippen molar-refractivity contribution in [3.8, 4) is 11.4 Å². The number of benzene rings is 2. The van der Waals surface area contributed by atoms with Crippen molar-refractivity contribution >= 4 is 17.5 Å². The number of hydrogen-bond donors (Lipinski definition) is 2. The zero-order valence-electron chi connectivity index (χ0n) is 18.4. The third-order valence-corrected chi connectivity index (χ3v) is 5.19. The van der Waals surface area contributed by atoms with E-state index in [1.165, 1.54) is 5.56 Å². The van der Waals surface area contributed by atoms with Gasteiger partial charge in [0.25, 0.3) is 0 Å². The van der Waals surface area contributed by atoms with Crippen molar-refractivity contribution in [2.75, 3.05) is 11.9 Å². The van der Waals surface area contributed by atoms with Crippen LogP contribution in [0.5, 0.6) is 0 Å². The van der Waals surface area contributed by atoms with Crippen molar-refractivity contribution in [1.29, 1.82) is 0 Å². The first-order valence-corrected chi connectivity index (χ1v) is 10.4. The topological polar surface area (TPSA) is 97.1 Å². The maximum Gasteiger partial charge on any atom is 0.243 e. The smallest absolute Gasteiger partial charge is 0.243 e. The number of rotatable bonds is 8. The van der Waals surface area contributed by atoms with Crippen LogP contribution in [0.2, 0.25) is 0 Å². The van der Waals surface area contributed by atoms with Gasteiger partial charge in [-0.05, 0) is 42.5 Å². The summed E-state index contributed by atoms with van der Waals surface area (Å²) in [7, 11) is 0. The van der Waals surface area contributed by atoms with E-state index in [2.05, 4.69) is 34.6 Å². The predicted molar refractivity (Wildman–Crippen MR) is 120 cm³/mol. The summed E-state index contributed by atoms with van der Waals surface area (Å²) < 4.78 is 5.26. The molecule has 0 fully saturated rings. The minimum absolute atomic E-state index is 0.0938. The van der Waals surface area contributed by atoms with Gasteiger partial charge in [-0.1, -0.05) is 55.4 Å². The minimum Gasteiger partial charge on any atom is -0.347 e. The molecule has 0 aliphatic carbocycles. The quantitative estimate of drug-likeness (QED) is 0.570. The summed E-state index contributed by atoms with van der Waals surface area (Å²) in [6.45, 7) is 8.11. The Morgan fingerprint density at radius 3 is 2.48 bits per heavy atom. The first kappa shape index (κ1) is 22.2. The summed E-state index contributed by atoms with van der Waals surface area (Å²) in [5, 5.41) is 9.43. The van der Waals surface area contributed by atoms with Crippen molar-refractivity contribution in [2.45, 2.75) is 46.5 Å². The maximum atomic E-state index is 12.1. The average molecular weight is 421 g/mol. The molecule has 7 heteroatoms. The number of carbonyl (C=O) groups is 2. The molecule has 3 aromatic rings. The number of hydrogen-bond acceptors (Lipinski definition) is 5. The average Bonchev–Trinajstić information content (AvgIpc) is 3.23. The van der Waals surface area contributed by atoms with E-state index in [0.29, 0.717) is 24.1 Å². The highest BCUT2D eigenvalue weighted by Crippen LogP contribution is 2.21. The van der Waals surface area contributed by atoms with Gasteiger partial charge in [0, 0.05) is 24.1 Å². The molecule has 2 aromatic carbocycles. The molecule has 2 N–H and O–H groups in total. The van der Waals surface area contributed by atoms with Crippen molar-refractivity contribution in [3.05, 3.63) is 65.0 Å². The Kier molecular flexibility index (Phi) is 7.18. The molecule has 1 aromatic heterocycles. The first-order valence-electron chi connectivity index (χ1n) is 10.4. The van der Waals surface area contributed by atoms with Crippen LogP contribution < -0.4 is 10.6 Å². The SMILES string of the molecule is Cc1cccc(NC(=O)CNC(=O)CCc2nc(-c3ccc(C(C)C)cc3)no2)c1C. The van der Waals surface area contributed by atoms with Crippen LogP contribution in [0, 0.1) is 13.8 Å². The Bertz CT molecular complexity index is 1050. The standard InChI is InChI=1S/C24H28N4O3/c1-15(2)18-8-10-19(11-9-18)24-27-23(31-28-24)13-12-21(29)25-14-22(30)26-20-7-5-6-16(3)17(20)4/h5-11,15H,12-14H2,1-4H3,(H,25,29)(H,26,30). The fraction of sp³-hybridized carbons (Fsp3) is 0.333. The minimum atomic E-state index is -0.271. The molecule has 0 saturated carbocycles. The number of aryl methyl sites for hydroxylation is 2. The third kappa shape index (κ3) is 6.01. The van der Waals surface area contributed by atoms with Crippen LogP contribution in [0.25, 0.3) is 11.4 Å². The number of carbonyl (C=O) groups excluding carboxylic acids is 2. The molecule has 0 unspecified atom stereocenters. The van der Waals surface area contributed by atoms with Gasteiger partial charge in [0.15, 0.2) is 0 Å². The predicted octanol–water partition coefficient (Wildman–Crippen LogP) is 4.16. The van der Waals surface area contributed by atoms with Crippen LogP contribution >= 0.6 is 0 Å². The molecule has 0 radical (unpaired) electrons. The fourth-order valence-electron chi connectivity index (χ4n) is 3.06. The number of nitrogens with one attached hydrogen (secondary N) is 2. The van der Waals surface area contributed by atoms with Gasteiger partial charge >= 0.3 is 0 Å². The molecule has 0 bridgehead atoms. The number of aromatic nitrogens is 2. The van der Waals surface area contributed by atoms with Gasteiger partial charge in [-0.2, -0.15) is 4.98 Å². The van der Waals surface area contributed by atoms with Gasteiger partial charge in [-0.15, -0.1) is 0 Å². The highest BCUT2D eigenvalue weighted by atomic mass is 16.5. The van der Waals surface area contributed by atoms with Gasteiger partial charge in [0.05, 0.1) is 6.54 Å². The summed E-state index contributed by atoms with van der Waals surface area (Å²) in [5.74, 6) is 0.817. The monoisotopic (exact) mass is 420 g/mol. The van der Waals surface area contributed by atoms with Crippen molar-refractivity contribution in [2.24, 2.45) is 0 Å². The lowest BCUT2D eigenvalue weighted by Crippen LogP contribution is -2.33. The van der Waals surface area contributed by atoms with E-state index in [1.807, 2.05) is 56.3 Å². The largest absolute Gasteiger partial charge is 0.347 e. The molecule has 7 nitrogen and oxygen atoms in total. The molecule has 0 saturated heterocycles. The van der Waals surface area contributed by atoms with E-state index in [0.717, 1.165) is 22.4 Å². The summed E-state index contributed by atoms with van der Waals surface area (Å²) in [4.78, 5) is 28.6. The summed E-state index contributed by atoms with van der Waals surface area (Å²) in [6.07, 6.45) is 0.464. The number of anilines is 1. The lowest BCUT2D eigenvalue weighted by atomic mass is 10.0. The van der Waals surface area contributed by atoms with Crippen LogP contribution in [-0.2, 0) is 16.0 Å². The third-order valence-electron chi connectivity index (χ3n) is 5.19. The summed E-state index contributed by atoms with van der Waals surface area (Å²) in [5.41, 5.74) is 4.96. The summed E-state index contributed by atoms with van der Waals surface area (Å²) in [6, 6.07) is 13.7. The highest BCUT2D eigenvalue weighted by Gasteiger charge is 2.12. The van der Waals surface area contributed by atoms with Gasteiger partial charge < -0.3 is 15.2 Å². The second-order valence-electron chi connectivity index (χ2n) is 7.86.